The molecule has 3 aromatic carbocycles. The Morgan fingerprint density at radius 2 is 1.83 bits per heavy atom. The molecule has 1 atom stereocenters. The predicted molar refractivity (Wildman–Crippen MR) is 143 cm³/mol. The van der Waals surface area contributed by atoms with Gasteiger partial charge in [0.2, 0.25) is 0 Å². The maximum atomic E-state index is 12.5. The average Bonchev–Trinajstić information content (AvgIpc) is 3.43. The van der Waals surface area contributed by atoms with Crippen LogP contribution in [0, 0.1) is 6.92 Å². The van der Waals surface area contributed by atoms with Gasteiger partial charge >= 0.3 is 5.97 Å². The summed E-state index contributed by atoms with van der Waals surface area (Å²) < 4.78 is 7.01. The van der Waals surface area contributed by atoms with E-state index in [-0.39, 0.29) is 0 Å². The maximum Gasteiger partial charge on any atom is 0.337 e. The predicted octanol–water partition coefficient (Wildman–Crippen LogP) is 7.79. The lowest BCUT2D eigenvalue weighted by Gasteiger charge is -2.28. The van der Waals surface area contributed by atoms with Crippen molar-refractivity contribution in [3.05, 3.63) is 70.2 Å². The van der Waals surface area contributed by atoms with E-state index in [1.807, 2.05) is 76.4 Å². The van der Waals surface area contributed by atoms with E-state index in [0.717, 1.165) is 49.6 Å². The molecular formula is C28H25ClN2O3S. The van der Waals surface area contributed by atoms with Crippen molar-refractivity contribution in [2.75, 3.05) is 0 Å². The van der Waals surface area contributed by atoms with Gasteiger partial charge < -0.3 is 9.84 Å². The second kappa shape index (κ2) is 8.86. The Kier molecular flexibility index (Phi) is 5.99. The third-order valence-electron chi connectivity index (χ3n) is 5.89. The number of ether oxygens (including phenoxy) is 1. The molecule has 0 saturated carbocycles. The van der Waals surface area contributed by atoms with Gasteiger partial charge in [-0.25, -0.2) is 9.78 Å². The van der Waals surface area contributed by atoms with Crippen LogP contribution in [0.2, 0.25) is 5.02 Å². The number of aromatic nitrogens is 1. The number of carboxylic acid groups (broad SMARTS) is 1. The zero-order valence-corrected chi connectivity index (χ0v) is 21.5. The number of hydrogen-bond donors (Lipinski definition) is 1. The third-order valence-corrected chi connectivity index (χ3v) is 7.28. The van der Waals surface area contributed by atoms with Gasteiger partial charge in [0.15, 0.2) is 6.10 Å². The molecule has 0 bridgehead atoms. The van der Waals surface area contributed by atoms with E-state index in [4.69, 9.17) is 21.3 Å². The van der Waals surface area contributed by atoms with Gasteiger partial charge in [-0.05, 0) is 80.8 Å². The normalized spacial score (nSPS) is 13.9. The molecule has 5 nitrogen and oxygen atoms in total. The van der Waals surface area contributed by atoms with Crippen LogP contribution in [0.3, 0.4) is 0 Å². The number of hydrogen-bond acceptors (Lipinski definition) is 5. The Balaban J connectivity index is 1.76. The molecule has 178 valence electrons. The van der Waals surface area contributed by atoms with Gasteiger partial charge in [-0.3, -0.25) is 4.99 Å². The number of halogens is 1. The van der Waals surface area contributed by atoms with Gasteiger partial charge in [-0.15, -0.1) is 11.3 Å². The van der Waals surface area contributed by atoms with E-state index >= 15 is 0 Å². The number of carboxylic acids is 1. The molecule has 0 saturated heterocycles. The Labute approximate surface area is 213 Å². The van der Waals surface area contributed by atoms with Gasteiger partial charge in [0, 0.05) is 34.3 Å². The first-order valence-electron chi connectivity index (χ1n) is 11.4. The lowest BCUT2D eigenvalue weighted by molar-refractivity contribution is -0.160. The Hall–Kier alpha value is -3.06. The molecular weight excluding hydrogens is 480 g/mol. The van der Waals surface area contributed by atoms with Gasteiger partial charge in [0.1, 0.15) is 5.01 Å². The molecule has 1 N–H and O–H groups in total. The number of fused-ring (bicyclic) bond motifs is 2. The van der Waals surface area contributed by atoms with E-state index in [0.29, 0.717) is 10.6 Å². The fourth-order valence-corrected chi connectivity index (χ4v) is 5.66. The third kappa shape index (κ3) is 4.61. The fourth-order valence-electron chi connectivity index (χ4n) is 4.41. The van der Waals surface area contributed by atoms with Crippen molar-refractivity contribution in [2.45, 2.75) is 45.8 Å². The first-order chi connectivity index (χ1) is 16.6. The minimum Gasteiger partial charge on any atom is -0.479 e. The summed E-state index contributed by atoms with van der Waals surface area (Å²) in [6.45, 7) is 7.51. The minimum absolute atomic E-state index is 0.616. The van der Waals surface area contributed by atoms with Gasteiger partial charge in [0.05, 0.1) is 21.5 Å². The van der Waals surface area contributed by atoms with E-state index in [1.165, 1.54) is 5.56 Å². The van der Waals surface area contributed by atoms with Crippen LogP contribution in [0.4, 0.5) is 5.69 Å². The van der Waals surface area contributed by atoms with E-state index < -0.39 is 17.7 Å². The zero-order valence-electron chi connectivity index (χ0n) is 19.9. The maximum absolute atomic E-state index is 12.5. The monoisotopic (exact) mass is 504 g/mol. The zero-order chi connectivity index (χ0) is 24.9. The Morgan fingerprint density at radius 3 is 2.51 bits per heavy atom. The summed E-state index contributed by atoms with van der Waals surface area (Å²) in [6, 6.07) is 15.6. The molecule has 2 heterocycles. The molecule has 5 rings (SSSR count). The SMILES string of the molecule is Cc1cc2nc(-c3ccc4c(c3)CC=N4)sc2c(-c2ccc(Cl)cc2)c1[C@H](OC(C)(C)C)C(=O)O. The number of carbonyl (C=O) groups is 1. The van der Waals surface area contributed by atoms with E-state index in [2.05, 4.69) is 11.1 Å². The molecule has 1 aromatic heterocycles. The van der Waals surface area contributed by atoms with Crippen LogP contribution in [0.5, 0.6) is 0 Å². The lowest BCUT2D eigenvalue weighted by Crippen LogP contribution is -2.28. The first-order valence-corrected chi connectivity index (χ1v) is 12.6. The standard InChI is InChI=1S/C28H25ClN2O3S/c1-15-13-21-25(35-26(31-21)18-7-10-20-17(14-18)11-12-30-20)23(16-5-8-19(29)9-6-16)22(15)24(27(32)33)34-28(2,3)4/h5-10,12-14,24H,11H2,1-4H3,(H,32,33)/t24-/m0/s1. The largest absolute Gasteiger partial charge is 0.479 e. The average molecular weight is 505 g/mol. The number of aliphatic carboxylic acids is 1. The minimum atomic E-state index is -1.13. The number of aryl methyl sites for hydroxylation is 1. The van der Waals surface area contributed by atoms with Gasteiger partial charge in [-0.1, -0.05) is 23.7 Å². The van der Waals surface area contributed by atoms with Crippen molar-refractivity contribution >= 4 is 51.0 Å². The smallest absolute Gasteiger partial charge is 0.337 e. The summed E-state index contributed by atoms with van der Waals surface area (Å²) >= 11 is 7.74. The molecule has 1 aliphatic rings. The Morgan fingerprint density at radius 1 is 1.11 bits per heavy atom. The number of aliphatic imine (C=N–C) groups is 1. The van der Waals surface area contributed by atoms with Crippen LogP contribution in [0.15, 0.2) is 53.5 Å². The van der Waals surface area contributed by atoms with Gasteiger partial charge in [0.25, 0.3) is 0 Å². The van der Waals surface area contributed by atoms with Crippen LogP contribution in [-0.2, 0) is 16.0 Å². The number of benzene rings is 3. The Bertz CT molecular complexity index is 1480. The molecule has 7 heteroatoms. The number of rotatable bonds is 5. The summed E-state index contributed by atoms with van der Waals surface area (Å²) in [5, 5.41) is 11.7. The molecule has 0 unspecified atom stereocenters. The second-order valence-electron chi connectivity index (χ2n) is 9.66. The highest BCUT2D eigenvalue weighted by Crippen LogP contribution is 2.44. The lowest BCUT2D eigenvalue weighted by atomic mass is 9.91. The molecule has 0 fully saturated rings. The highest BCUT2D eigenvalue weighted by molar-refractivity contribution is 7.22. The number of thiazole rings is 1. The molecule has 0 amide bonds. The molecule has 0 spiro atoms. The summed E-state index contributed by atoms with van der Waals surface area (Å²) in [5.41, 5.74) is 6.54. The van der Waals surface area contributed by atoms with Crippen LogP contribution < -0.4 is 0 Å². The molecule has 0 aliphatic carbocycles. The van der Waals surface area contributed by atoms with Crippen molar-refractivity contribution in [1.82, 2.24) is 4.98 Å². The van der Waals surface area contributed by atoms with Crippen LogP contribution in [0.1, 0.15) is 43.6 Å². The summed E-state index contributed by atoms with van der Waals surface area (Å²) in [5.74, 6) is -1.03. The molecule has 4 aromatic rings. The van der Waals surface area contributed by atoms with Crippen molar-refractivity contribution in [2.24, 2.45) is 4.99 Å². The van der Waals surface area contributed by atoms with E-state index in [1.54, 1.807) is 11.3 Å². The summed E-state index contributed by atoms with van der Waals surface area (Å²) in [7, 11) is 0. The fraction of sp³-hybridized carbons (Fsp3) is 0.250. The van der Waals surface area contributed by atoms with Crippen molar-refractivity contribution in [1.29, 1.82) is 0 Å². The van der Waals surface area contributed by atoms with E-state index in [9.17, 15) is 9.90 Å². The number of nitrogens with zero attached hydrogens (tertiary/aromatic N) is 2. The quantitative estimate of drug-likeness (QED) is 0.301. The molecule has 0 radical (unpaired) electrons. The second-order valence-corrected chi connectivity index (χ2v) is 11.1. The summed E-state index contributed by atoms with van der Waals surface area (Å²) in [4.78, 5) is 21.8. The molecule has 35 heavy (non-hydrogen) atoms. The van der Waals surface area contributed by atoms with Crippen molar-refractivity contribution in [3.63, 3.8) is 0 Å². The summed E-state index contributed by atoms with van der Waals surface area (Å²) in [6.07, 6.45) is 1.60. The van der Waals surface area contributed by atoms with Crippen molar-refractivity contribution in [3.8, 4) is 21.7 Å². The van der Waals surface area contributed by atoms with Gasteiger partial charge in [-0.2, -0.15) is 0 Å². The van der Waals surface area contributed by atoms with Crippen molar-refractivity contribution < 1.29 is 14.6 Å². The highest BCUT2D eigenvalue weighted by atomic mass is 35.5. The first kappa shape index (κ1) is 23.7. The topological polar surface area (TPSA) is 71.8 Å². The highest BCUT2D eigenvalue weighted by Gasteiger charge is 2.32. The van der Waals surface area contributed by atoms with Crippen LogP contribution in [-0.4, -0.2) is 27.9 Å². The molecule has 1 aliphatic heterocycles. The van der Waals surface area contributed by atoms with Crippen LogP contribution >= 0.6 is 22.9 Å². The van der Waals surface area contributed by atoms with Crippen LogP contribution in [0.25, 0.3) is 31.9 Å².